The zero-order valence-corrected chi connectivity index (χ0v) is 16.7. The van der Waals surface area contributed by atoms with Crippen molar-refractivity contribution in [1.29, 1.82) is 0 Å². The van der Waals surface area contributed by atoms with Crippen molar-refractivity contribution in [3.8, 4) is 0 Å². The maximum atomic E-state index is 13.4. The van der Waals surface area contributed by atoms with Gasteiger partial charge in [0.2, 0.25) is 0 Å². The van der Waals surface area contributed by atoms with Crippen LogP contribution in [-0.2, 0) is 27.9 Å². The molecule has 0 radical (unpaired) electrons. The minimum absolute atomic E-state index is 0.344. The highest BCUT2D eigenvalue weighted by Crippen LogP contribution is 2.39. The quantitative estimate of drug-likeness (QED) is 0.638. The molecule has 1 heterocycles. The van der Waals surface area contributed by atoms with Crippen LogP contribution in [0.3, 0.4) is 0 Å². The van der Waals surface area contributed by atoms with E-state index in [0.717, 1.165) is 31.5 Å². The number of carbonyl (C=O) groups excluding carboxylic acids is 2. The monoisotopic (exact) mass is 435 g/mol. The Labute approximate surface area is 162 Å². The lowest BCUT2D eigenvalue weighted by molar-refractivity contribution is -0.144. The maximum absolute atomic E-state index is 13.4. The highest BCUT2D eigenvalue weighted by Gasteiger charge is 2.40. The third-order valence-corrected chi connectivity index (χ3v) is 5.00. The number of sulfone groups is 1. The lowest BCUT2D eigenvalue weighted by Gasteiger charge is -2.18. The molecule has 0 unspecified atom stereocenters. The van der Waals surface area contributed by atoms with Crippen molar-refractivity contribution in [3.63, 3.8) is 0 Å². The first-order valence-corrected chi connectivity index (χ1v) is 9.72. The van der Waals surface area contributed by atoms with Gasteiger partial charge in [-0.2, -0.15) is 18.2 Å². The second-order valence-corrected chi connectivity index (χ2v) is 8.07. The summed E-state index contributed by atoms with van der Waals surface area (Å²) in [7, 11) is -3.01. The molecular formula is C15H16F3N5O5S. The average Bonchev–Trinajstić information content (AvgIpc) is 2.86. The Morgan fingerprint density at radius 1 is 1.21 bits per heavy atom. The van der Waals surface area contributed by atoms with Crippen LogP contribution in [0.1, 0.15) is 34.0 Å². The number of rotatable bonds is 3. The Morgan fingerprint density at radius 3 is 2.28 bits per heavy atom. The highest BCUT2D eigenvalue weighted by atomic mass is 32.2. The fourth-order valence-electron chi connectivity index (χ4n) is 2.67. The SMILES string of the molecule is CC(=O)On1nnn(C)c1=NC(=O)c1cc(C)c(C(F)(F)F)c(S(C)(=O)=O)c1C. The second-order valence-electron chi connectivity index (χ2n) is 6.12. The molecule has 0 spiro atoms. The minimum atomic E-state index is -4.95. The summed E-state index contributed by atoms with van der Waals surface area (Å²) >= 11 is 0. The van der Waals surface area contributed by atoms with Crippen LogP contribution >= 0.6 is 0 Å². The molecule has 1 aromatic heterocycles. The van der Waals surface area contributed by atoms with E-state index in [4.69, 9.17) is 4.84 Å². The molecule has 14 heteroatoms. The van der Waals surface area contributed by atoms with Gasteiger partial charge < -0.3 is 4.84 Å². The Hall–Kier alpha value is -3.03. The number of nitrogens with zero attached hydrogens (tertiary/aromatic N) is 5. The summed E-state index contributed by atoms with van der Waals surface area (Å²) in [6, 6.07) is 0.901. The number of amides is 1. The van der Waals surface area contributed by atoms with E-state index in [-0.39, 0.29) is 11.2 Å². The van der Waals surface area contributed by atoms with Crippen LogP contribution in [0.2, 0.25) is 0 Å². The molecule has 0 N–H and O–H groups in total. The van der Waals surface area contributed by atoms with Crippen molar-refractivity contribution in [2.24, 2.45) is 12.0 Å². The molecule has 0 bridgehead atoms. The van der Waals surface area contributed by atoms with Gasteiger partial charge in [-0.15, -0.1) is 0 Å². The summed E-state index contributed by atoms with van der Waals surface area (Å²) in [6.45, 7) is 3.18. The van der Waals surface area contributed by atoms with E-state index < -0.39 is 49.5 Å². The molecule has 0 atom stereocenters. The summed E-state index contributed by atoms with van der Waals surface area (Å²) < 4.78 is 65.4. The molecule has 1 aromatic carbocycles. The first-order valence-electron chi connectivity index (χ1n) is 7.83. The third-order valence-electron chi connectivity index (χ3n) is 3.74. The van der Waals surface area contributed by atoms with Gasteiger partial charge >= 0.3 is 12.1 Å². The molecule has 158 valence electrons. The Kier molecular flexibility index (Phi) is 5.70. The number of carbonyl (C=O) groups is 2. The van der Waals surface area contributed by atoms with Crippen LogP contribution in [0.15, 0.2) is 16.0 Å². The van der Waals surface area contributed by atoms with E-state index in [9.17, 15) is 31.2 Å². The van der Waals surface area contributed by atoms with Gasteiger partial charge in [0.1, 0.15) is 0 Å². The molecule has 0 aliphatic heterocycles. The highest BCUT2D eigenvalue weighted by molar-refractivity contribution is 7.90. The molecule has 2 aromatic rings. The molecule has 10 nitrogen and oxygen atoms in total. The second kappa shape index (κ2) is 7.42. The third kappa shape index (κ3) is 4.52. The van der Waals surface area contributed by atoms with Gasteiger partial charge in [0.25, 0.3) is 11.5 Å². The van der Waals surface area contributed by atoms with Gasteiger partial charge in [-0.3, -0.25) is 4.79 Å². The molecule has 1 amide bonds. The van der Waals surface area contributed by atoms with Gasteiger partial charge in [-0.05, 0) is 46.3 Å². The Balaban J connectivity index is 2.78. The summed E-state index contributed by atoms with van der Waals surface area (Å²) in [5.74, 6) is -1.86. The van der Waals surface area contributed by atoms with Crippen LogP contribution < -0.4 is 10.5 Å². The maximum Gasteiger partial charge on any atom is 0.417 e. The summed E-state index contributed by atoms with van der Waals surface area (Å²) in [5.41, 5.74) is -2.92. The van der Waals surface area contributed by atoms with Crippen molar-refractivity contribution >= 4 is 21.7 Å². The molecule has 0 aliphatic carbocycles. The van der Waals surface area contributed by atoms with E-state index in [2.05, 4.69) is 15.4 Å². The number of aromatic nitrogens is 4. The lowest BCUT2D eigenvalue weighted by atomic mass is 9.99. The molecule has 29 heavy (non-hydrogen) atoms. The molecule has 0 aliphatic rings. The molecule has 0 fully saturated rings. The van der Waals surface area contributed by atoms with Crippen molar-refractivity contribution in [3.05, 3.63) is 33.9 Å². The Morgan fingerprint density at radius 2 is 1.79 bits per heavy atom. The topological polar surface area (TPSA) is 126 Å². The summed E-state index contributed by atoms with van der Waals surface area (Å²) in [6.07, 6.45) is -4.33. The van der Waals surface area contributed by atoms with Crippen LogP contribution in [0.25, 0.3) is 0 Å². The zero-order chi connectivity index (χ0) is 22.3. The largest absolute Gasteiger partial charge is 0.417 e. The number of hydrogen-bond donors (Lipinski definition) is 0. The minimum Gasteiger partial charge on any atom is -0.315 e. The van der Waals surface area contributed by atoms with Gasteiger partial charge in [-0.1, -0.05) is 0 Å². The lowest BCUT2D eigenvalue weighted by Crippen LogP contribution is -2.33. The van der Waals surface area contributed by atoms with Crippen LogP contribution in [0.5, 0.6) is 0 Å². The number of halogens is 3. The van der Waals surface area contributed by atoms with Crippen LogP contribution in [-0.4, -0.2) is 46.5 Å². The standard InChI is InChI=1S/C15H16F3N5O5S/c1-7-6-10(8(2)12(29(5,26)27)11(7)15(16,17)18)13(25)19-14-22(4)20-21-23(14)28-9(3)24/h6H,1-5H3. The molecule has 2 rings (SSSR count). The number of aryl methyl sites for hydroxylation is 2. The number of benzene rings is 1. The normalized spacial score (nSPS) is 12.9. The Bertz CT molecular complexity index is 1180. The summed E-state index contributed by atoms with van der Waals surface area (Å²) in [5, 5.41) is 6.96. The van der Waals surface area contributed by atoms with Crippen LogP contribution in [0.4, 0.5) is 13.2 Å². The van der Waals surface area contributed by atoms with Gasteiger partial charge in [-0.25, -0.2) is 17.9 Å². The average molecular weight is 435 g/mol. The van der Waals surface area contributed by atoms with Crippen molar-refractivity contribution in [2.75, 3.05) is 6.26 Å². The fourth-order valence-corrected chi connectivity index (χ4v) is 3.98. The van der Waals surface area contributed by atoms with Gasteiger partial charge in [0.15, 0.2) is 9.84 Å². The first-order chi connectivity index (χ1) is 13.1. The van der Waals surface area contributed by atoms with Crippen molar-refractivity contribution in [2.45, 2.75) is 31.8 Å². The van der Waals surface area contributed by atoms with E-state index in [1.54, 1.807) is 0 Å². The first kappa shape index (κ1) is 22.3. The van der Waals surface area contributed by atoms with Crippen molar-refractivity contribution < 1.29 is 36.0 Å². The fraction of sp³-hybridized carbons (Fsp3) is 0.400. The molecular weight excluding hydrogens is 419 g/mol. The van der Waals surface area contributed by atoms with Crippen molar-refractivity contribution in [1.82, 2.24) is 20.0 Å². The molecule has 0 saturated carbocycles. The van der Waals surface area contributed by atoms with E-state index in [1.807, 2.05) is 0 Å². The predicted molar refractivity (Wildman–Crippen MR) is 90.2 cm³/mol. The number of hydrogen-bond acceptors (Lipinski definition) is 7. The van der Waals surface area contributed by atoms with E-state index in [1.165, 1.54) is 7.05 Å². The van der Waals surface area contributed by atoms with E-state index >= 15 is 0 Å². The predicted octanol–water partition coefficient (Wildman–Crippen LogP) is 0.372. The smallest absolute Gasteiger partial charge is 0.315 e. The number of alkyl halides is 3. The van der Waals surface area contributed by atoms with Gasteiger partial charge in [0.05, 0.1) is 10.5 Å². The molecule has 0 saturated heterocycles. The summed E-state index contributed by atoms with van der Waals surface area (Å²) in [4.78, 5) is 31.6. The van der Waals surface area contributed by atoms with E-state index in [0.29, 0.717) is 11.1 Å². The number of tetrazole rings is 1. The zero-order valence-electron chi connectivity index (χ0n) is 15.9. The van der Waals surface area contributed by atoms with Crippen LogP contribution in [0, 0.1) is 13.8 Å². The van der Waals surface area contributed by atoms with Gasteiger partial charge in [0, 0.05) is 25.8 Å².